The number of carbonyl (C=O) groups excluding carboxylic acids is 3. The number of benzene rings is 2. The number of aromatic nitrogens is 5. The van der Waals surface area contributed by atoms with Gasteiger partial charge in [0.2, 0.25) is 5.91 Å². The number of nitrogens with one attached hydrogen (secondary N) is 1. The molecule has 180 valence electrons. The maximum atomic E-state index is 13.5. The van der Waals surface area contributed by atoms with Crippen LogP contribution in [0.2, 0.25) is 0 Å². The minimum absolute atomic E-state index is 0.147. The van der Waals surface area contributed by atoms with Crippen molar-refractivity contribution in [3.63, 3.8) is 0 Å². The van der Waals surface area contributed by atoms with Crippen LogP contribution < -0.4 is 5.32 Å². The third-order valence-electron chi connectivity index (χ3n) is 4.85. The Bertz CT molecular complexity index is 1340. The van der Waals surface area contributed by atoms with E-state index in [1.54, 1.807) is 66.3 Å². The largest absolute Gasteiger partial charge is 0.433 e. The number of nitrogens with zero attached hydrogens (tertiary/aromatic N) is 5. The molecular weight excluding hydrogens is 465 g/mol. The van der Waals surface area contributed by atoms with E-state index in [4.69, 9.17) is 9.59 Å². The van der Waals surface area contributed by atoms with Gasteiger partial charge < -0.3 is 5.32 Å². The first-order chi connectivity index (χ1) is 16.7. The Morgan fingerprint density at radius 1 is 1.03 bits per heavy atom. The lowest BCUT2D eigenvalue weighted by Crippen LogP contribution is -2.15. The zero-order valence-corrected chi connectivity index (χ0v) is 18.6. The van der Waals surface area contributed by atoms with Gasteiger partial charge in [0.25, 0.3) is 0 Å². The molecule has 4 aromatic rings. The van der Waals surface area contributed by atoms with E-state index in [0.29, 0.717) is 22.6 Å². The van der Waals surface area contributed by atoms with Crippen molar-refractivity contribution >= 4 is 17.7 Å². The highest BCUT2D eigenvalue weighted by molar-refractivity contribution is 5.88. The highest BCUT2D eigenvalue weighted by atomic mass is 19.4. The van der Waals surface area contributed by atoms with Crippen LogP contribution >= 0.6 is 0 Å². The van der Waals surface area contributed by atoms with Crippen LogP contribution in [0.5, 0.6) is 0 Å². The second-order valence-corrected chi connectivity index (χ2v) is 7.19. The Hall–Kier alpha value is -4.57. The molecule has 2 heterocycles. The maximum absolute atomic E-state index is 13.5. The lowest BCUT2D eigenvalue weighted by molar-refractivity contribution is -0.191. The Balaban J connectivity index is 0.00000108. The molecule has 0 radical (unpaired) electrons. The molecule has 0 fully saturated rings. The lowest BCUT2D eigenvalue weighted by Gasteiger charge is -2.12. The van der Waals surface area contributed by atoms with E-state index in [2.05, 4.69) is 20.7 Å². The summed E-state index contributed by atoms with van der Waals surface area (Å²) in [5.41, 5.74) is 2.37. The molecule has 0 saturated carbocycles. The van der Waals surface area contributed by atoms with Gasteiger partial charge in [-0.05, 0) is 42.8 Å². The highest BCUT2D eigenvalue weighted by Gasteiger charge is 2.38. The molecule has 0 aliphatic carbocycles. The molecule has 2 aromatic heterocycles. The van der Waals surface area contributed by atoms with Gasteiger partial charge >= 0.3 is 12.3 Å². The van der Waals surface area contributed by atoms with Crippen molar-refractivity contribution in [1.82, 2.24) is 24.8 Å². The number of hydrogen-bond acceptors (Lipinski definition) is 6. The first kappa shape index (κ1) is 25.1. The van der Waals surface area contributed by atoms with Crippen LogP contribution in [-0.2, 0) is 27.0 Å². The molecule has 0 bridgehead atoms. The Morgan fingerprint density at radius 2 is 1.63 bits per heavy atom. The minimum Gasteiger partial charge on any atom is -0.326 e. The number of carbonyl (C=O) groups is 1. The van der Waals surface area contributed by atoms with E-state index in [1.807, 2.05) is 0 Å². The molecule has 0 aliphatic heterocycles. The quantitative estimate of drug-likeness (QED) is 0.457. The molecule has 0 spiro atoms. The second kappa shape index (κ2) is 10.6. The van der Waals surface area contributed by atoms with E-state index in [9.17, 15) is 18.0 Å². The lowest BCUT2D eigenvalue weighted by atomic mass is 10.1. The molecule has 0 aliphatic rings. The van der Waals surface area contributed by atoms with Crippen LogP contribution in [0.4, 0.5) is 18.9 Å². The molecule has 1 amide bonds. The molecule has 0 unspecified atom stereocenters. The van der Waals surface area contributed by atoms with E-state index in [-0.39, 0.29) is 24.0 Å². The van der Waals surface area contributed by atoms with E-state index in [1.165, 1.54) is 13.1 Å². The van der Waals surface area contributed by atoms with Gasteiger partial charge in [0.05, 0.1) is 23.8 Å². The SMILES string of the molecule is CCc1cnn(-c2ccc(-c3cn(-c4ccc(NC(C)=O)cc4)nn3)cc2)c1C(F)(F)F.O=C=O. The summed E-state index contributed by atoms with van der Waals surface area (Å²) in [5, 5.41) is 14.9. The Morgan fingerprint density at radius 3 is 2.17 bits per heavy atom. The molecule has 35 heavy (non-hydrogen) atoms. The fourth-order valence-electron chi connectivity index (χ4n) is 3.34. The summed E-state index contributed by atoms with van der Waals surface area (Å²) < 4.78 is 43.0. The second-order valence-electron chi connectivity index (χ2n) is 7.19. The number of halogens is 3. The summed E-state index contributed by atoms with van der Waals surface area (Å²) in [4.78, 5) is 27.4. The highest BCUT2D eigenvalue weighted by Crippen LogP contribution is 2.34. The molecule has 0 atom stereocenters. The van der Waals surface area contributed by atoms with Crippen molar-refractivity contribution in [3.8, 4) is 22.6 Å². The Kier molecular flexibility index (Phi) is 7.57. The minimum atomic E-state index is -4.50. The fourth-order valence-corrected chi connectivity index (χ4v) is 3.34. The number of aryl methyl sites for hydroxylation is 1. The smallest absolute Gasteiger partial charge is 0.326 e. The van der Waals surface area contributed by atoms with Crippen molar-refractivity contribution in [2.24, 2.45) is 0 Å². The standard InChI is InChI=1S/C22H19F3N6O.CO2/c1-3-15-12-26-31(21(15)22(23,24)25)19-8-4-16(5-9-19)20-13-30(29-28-20)18-10-6-17(7-11-18)27-14(2)32;2-1-3/h4-13H,3H2,1-2H3,(H,27,32);. The van der Waals surface area contributed by atoms with Crippen LogP contribution in [-0.4, -0.2) is 36.8 Å². The number of hydrogen-bond donors (Lipinski definition) is 1. The van der Waals surface area contributed by atoms with Gasteiger partial charge in [0, 0.05) is 23.7 Å². The summed E-state index contributed by atoms with van der Waals surface area (Å²) in [7, 11) is 0. The van der Waals surface area contributed by atoms with Crippen LogP contribution in [0, 0.1) is 0 Å². The molecule has 1 N–H and O–H groups in total. The number of alkyl halides is 3. The van der Waals surface area contributed by atoms with Crippen LogP contribution in [0.25, 0.3) is 22.6 Å². The number of anilines is 1. The predicted molar refractivity (Wildman–Crippen MR) is 118 cm³/mol. The van der Waals surface area contributed by atoms with Gasteiger partial charge in [0.15, 0.2) is 5.69 Å². The normalized spacial score (nSPS) is 10.8. The van der Waals surface area contributed by atoms with Gasteiger partial charge in [-0.2, -0.15) is 27.9 Å². The zero-order valence-electron chi connectivity index (χ0n) is 18.6. The van der Waals surface area contributed by atoms with E-state index >= 15 is 0 Å². The monoisotopic (exact) mass is 484 g/mol. The molecular formula is C23H19F3N6O3. The molecule has 2 aromatic carbocycles. The van der Waals surface area contributed by atoms with E-state index < -0.39 is 11.9 Å². The average Bonchev–Trinajstić information content (AvgIpc) is 3.47. The van der Waals surface area contributed by atoms with Crippen molar-refractivity contribution in [3.05, 3.63) is 72.2 Å². The summed E-state index contributed by atoms with van der Waals surface area (Å²) in [6.07, 6.45) is -1.05. The Labute approximate surface area is 197 Å². The summed E-state index contributed by atoms with van der Waals surface area (Å²) in [5.74, 6) is -0.160. The van der Waals surface area contributed by atoms with Crippen LogP contribution in [0.15, 0.2) is 60.9 Å². The van der Waals surface area contributed by atoms with Crippen LogP contribution in [0.1, 0.15) is 25.1 Å². The predicted octanol–water partition coefficient (Wildman–Crippen LogP) is 4.08. The molecule has 12 heteroatoms. The van der Waals surface area contributed by atoms with Crippen molar-refractivity contribution in [1.29, 1.82) is 0 Å². The van der Waals surface area contributed by atoms with Gasteiger partial charge in [-0.3, -0.25) is 4.79 Å². The van der Waals surface area contributed by atoms with Gasteiger partial charge in [-0.1, -0.05) is 24.3 Å². The summed E-state index contributed by atoms with van der Waals surface area (Å²) in [6.45, 7) is 3.10. The average molecular weight is 484 g/mol. The summed E-state index contributed by atoms with van der Waals surface area (Å²) >= 11 is 0. The van der Waals surface area contributed by atoms with Crippen molar-refractivity contribution in [2.45, 2.75) is 26.4 Å². The molecule has 0 saturated heterocycles. The topological polar surface area (TPSA) is 112 Å². The first-order valence-electron chi connectivity index (χ1n) is 10.2. The third kappa shape index (κ3) is 5.87. The fraction of sp³-hybridized carbons (Fsp3) is 0.174. The number of amides is 1. The summed E-state index contributed by atoms with van der Waals surface area (Å²) in [6, 6.07) is 13.6. The van der Waals surface area contributed by atoms with E-state index in [0.717, 1.165) is 10.4 Å². The number of rotatable bonds is 5. The van der Waals surface area contributed by atoms with Crippen molar-refractivity contribution < 1.29 is 27.6 Å². The zero-order chi connectivity index (χ0) is 25.6. The molecule has 9 nitrogen and oxygen atoms in total. The maximum Gasteiger partial charge on any atom is 0.433 e. The van der Waals surface area contributed by atoms with Gasteiger partial charge in [-0.15, -0.1) is 5.10 Å². The molecule has 4 rings (SSSR count). The van der Waals surface area contributed by atoms with Crippen LogP contribution in [0.3, 0.4) is 0 Å². The van der Waals surface area contributed by atoms with Crippen molar-refractivity contribution in [2.75, 3.05) is 5.32 Å². The van der Waals surface area contributed by atoms with Gasteiger partial charge in [-0.25, -0.2) is 9.36 Å². The first-order valence-corrected chi connectivity index (χ1v) is 10.2. The van der Waals surface area contributed by atoms with Gasteiger partial charge in [0.1, 0.15) is 5.69 Å². The third-order valence-corrected chi connectivity index (χ3v) is 4.85.